The molecule has 5 nitrogen and oxygen atoms in total. The molecule has 0 bridgehead atoms. The Morgan fingerprint density at radius 1 is 1.10 bits per heavy atom. The Hall–Kier alpha value is -2.64. The second-order valence-electron chi connectivity index (χ2n) is 7.35. The summed E-state index contributed by atoms with van der Waals surface area (Å²) in [5, 5.41) is 13.1. The van der Waals surface area contributed by atoms with E-state index in [-0.39, 0.29) is 0 Å². The molecule has 5 rings (SSSR count). The Labute approximate surface area is 184 Å². The molecule has 7 heteroatoms. The standard InChI is InChI=1S/C23H22N4OS2/c1-28-20-9-5-8-18(12-20)22-24-19(14-29-22)15-30-23-26-25-21(17-10-11-17)27(23)13-16-6-3-2-4-7-16/h2-9,12,14,17H,10-11,13,15H2,1H3. The van der Waals surface area contributed by atoms with Gasteiger partial charge >= 0.3 is 0 Å². The van der Waals surface area contributed by atoms with Crippen molar-refractivity contribution in [3.63, 3.8) is 0 Å². The van der Waals surface area contributed by atoms with Crippen LogP contribution in [0.1, 0.15) is 35.8 Å². The molecule has 1 aliphatic rings. The molecule has 4 aromatic rings. The normalized spacial score (nSPS) is 13.5. The summed E-state index contributed by atoms with van der Waals surface area (Å²) in [6.45, 7) is 0.814. The third-order valence-electron chi connectivity index (χ3n) is 5.09. The SMILES string of the molecule is COc1cccc(-c2nc(CSc3nnc(C4CC4)n3Cc3ccccc3)cs2)c1. The van der Waals surface area contributed by atoms with Gasteiger partial charge in [0.2, 0.25) is 0 Å². The van der Waals surface area contributed by atoms with Crippen LogP contribution >= 0.6 is 23.1 Å². The fraction of sp³-hybridized carbons (Fsp3) is 0.261. The number of aromatic nitrogens is 4. The van der Waals surface area contributed by atoms with Crippen LogP contribution < -0.4 is 4.74 Å². The number of methoxy groups -OCH3 is 1. The lowest BCUT2D eigenvalue weighted by Gasteiger charge is -2.09. The fourth-order valence-electron chi connectivity index (χ4n) is 3.37. The Morgan fingerprint density at radius 2 is 1.97 bits per heavy atom. The van der Waals surface area contributed by atoms with Gasteiger partial charge in [-0.2, -0.15) is 0 Å². The van der Waals surface area contributed by atoms with E-state index in [9.17, 15) is 0 Å². The van der Waals surface area contributed by atoms with E-state index in [0.717, 1.165) is 45.3 Å². The molecule has 2 aromatic heterocycles. The quantitative estimate of drug-likeness (QED) is 0.337. The summed E-state index contributed by atoms with van der Waals surface area (Å²) in [7, 11) is 1.69. The van der Waals surface area contributed by atoms with Gasteiger partial charge in [0, 0.05) is 22.6 Å². The first kappa shape index (κ1) is 19.3. The molecule has 2 heterocycles. The van der Waals surface area contributed by atoms with Gasteiger partial charge in [0.15, 0.2) is 5.16 Å². The third kappa shape index (κ3) is 4.27. The summed E-state index contributed by atoms with van der Waals surface area (Å²) in [6, 6.07) is 18.6. The molecule has 2 aromatic carbocycles. The van der Waals surface area contributed by atoms with E-state index in [1.165, 1.54) is 18.4 Å². The topological polar surface area (TPSA) is 52.8 Å². The lowest BCUT2D eigenvalue weighted by molar-refractivity contribution is 0.415. The average Bonchev–Trinajstić information content (AvgIpc) is 3.39. The summed E-state index contributed by atoms with van der Waals surface area (Å²) < 4.78 is 7.62. The summed E-state index contributed by atoms with van der Waals surface area (Å²) in [6.07, 6.45) is 2.43. The molecule has 0 unspecified atom stereocenters. The minimum Gasteiger partial charge on any atom is -0.497 e. The van der Waals surface area contributed by atoms with E-state index in [0.29, 0.717) is 5.92 Å². The van der Waals surface area contributed by atoms with Crippen LogP contribution in [0.5, 0.6) is 5.75 Å². The number of hydrogen-bond donors (Lipinski definition) is 0. The number of ether oxygens (including phenoxy) is 1. The van der Waals surface area contributed by atoms with Gasteiger partial charge in [-0.15, -0.1) is 21.5 Å². The van der Waals surface area contributed by atoms with Crippen LogP contribution in [0, 0.1) is 0 Å². The molecule has 1 aliphatic carbocycles. The van der Waals surface area contributed by atoms with Gasteiger partial charge in [-0.25, -0.2) is 4.98 Å². The number of rotatable bonds is 8. The van der Waals surface area contributed by atoms with Crippen molar-refractivity contribution in [1.82, 2.24) is 19.7 Å². The lowest BCUT2D eigenvalue weighted by Crippen LogP contribution is -2.06. The third-order valence-corrected chi connectivity index (χ3v) is 7.03. The first-order valence-corrected chi connectivity index (χ1v) is 11.9. The minimum atomic E-state index is 0.564. The van der Waals surface area contributed by atoms with Gasteiger partial charge in [0.1, 0.15) is 16.6 Å². The predicted octanol–water partition coefficient (Wildman–Crippen LogP) is 5.63. The van der Waals surface area contributed by atoms with Crippen LogP contribution in [0.3, 0.4) is 0 Å². The molecule has 0 amide bonds. The summed E-state index contributed by atoms with van der Waals surface area (Å²) >= 11 is 3.37. The van der Waals surface area contributed by atoms with Gasteiger partial charge in [0.25, 0.3) is 0 Å². The second kappa shape index (κ2) is 8.62. The minimum absolute atomic E-state index is 0.564. The summed E-state index contributed by atoms with van der Waals surface area (Å²) in [4.78, 5) is 4.82. The van der Waals surface area contributed by atoms with Crippen LogP contribution in [0.25, 0.3) is 10.6 Å². The van der Waals surface area contributed by atoms with E-state index in [2.05, 4.69) is 56.5 Å². The highest BCUT2D eigenvalue weighted by atomic mass is 32.2. The second-order valence-corrected chi connectivity index (χ2v) is 9.15. The Balaban J connectivity index is 1.32. The van der Waals surface area contributed by atoms with Crippen molar-refractivity contribution >= 4 is 23.1 Å². The van der Waals surface area contributed by atoms with Crippen molar-refractivity contribution in [2.24, 2.45) is 0 Å². The lowest BCUT2D eigenvalue weighted by atomic mass is 10.2. The van der Waals surface area contributed by atoms with Gasteiger partial charge < -0.3 is 9.30 Å². The first-order valence-electron chi connectivity index (χ1n) is 9.99. The zero-order valence-electron chi connectivity index (χ0n) is 16.7. The highest BCUT2D eigenvalue weighted by molar-refractivity contribution is 7.98. The van der Waals surface area contributed by atoms with Crippen molar-refractivity contribution in [3.8, 4) is 16.3 Å². The van der Waals surface area contributed by atoms with Gasteiger partial charge in [-0.05, 0) is 30.5 Å². The van der Waals surface area contributed by atoms with Crippen LogP contribution in [0.4, 0.5) is 0 Å². The average molecular weight is 435 g/mol. The Kier molecular flexibility index (Phi) is 5.55. The number of hydrogen-bond acceptors (Lipinski definition) is 6. The molecule has 1 fully saturated rings. The molecule has 30 heavy (non-hydrogen) atoms. The van der Waals surface area contributed by atoms with Crippen molar-refractivity contribution < 1.29 is 4.74 Å². The van der Waals surface area contributed by atoms with E-state index in [1.54, 1.807) is 30.2 Å². The van der Waals surface area contributed by atoms with Gasteiger partial charge in [0.05, 0.1) is 19.3 Å². The molecule has 0 saturated heterocycles. The molecular weight excluding hydrogens is 412 g/mol. The zero-order valence-corrected chi connectivity index (χ0v) is 18.3. The molecule has 152 valence electrons. The van der Waals surface area contributed by atoms with Crippen LogP contribution in [-0.4, -0.2) is 26.9 Å². The zero-order chi connectivity index (χ0) is 20.3. The van der Waals surface area contributed by atoms with E-state index < -0.39 is 0 Å². The Morgan fingerprint density at radius 3 is 2.77 bits per heavy atom. The number of thioether (sulfide) groups is 1. The van der Waals surface area contributed by atoms with Gasteiger partial charge in [-0.1, -0.05) is 54.2 Å². The van der Waals surface area contributed by atoms with Crippen LogP contribution in [0.15, 0.2) is 65.1 Å². The smallest absolute Gasteiger partial charge is 0.191 e. The van der Waals surface area contributed by atoms with E-state index in [4.69, 9.17) is 9.72 Å². The van der Waals surface area contributed by atoms with Crippen LogP contribution in [-0.2, 0) is 12.3 Å². The first-order chi connectivity index (χ1) is 14.8. The largest absolute Gasteiger partial charge is 0.497 e. The molecule has 1 saturated carbocycles. The molecule has 0 spiro atoms. The van der Waals surface area contributed by atoms with Crippen LogP contribution in [0.2, 0.25) is 0 Å². The molecule has 0 radical (unpaired) electrons. The maximum Gasteiger partial charge on any atom is 0.191 e. The fourth-order valence-corrected chi connectivity index (χ4v) is 5.12. The van der Waals surface area contributed by atoms with Gasteiger partial charge in [-0.3, -0.25) is 0 Å². The van der Waals surface area contributed by atoms with E-state index >= 15 is 0 Å². The van der Waals surface area contributed by atoms with E-state index in [1.807, 2.05) is 18.2 Å². The summed E-state index contributed by atoms with van der Waals surface area (Å²) in [5.74, 6) is 3.31. The Bertz CT molecular complexity index is 1140. The van der Waals surface area contributed by atoms with Crippen molar-refractivity contribution in [3.05, 3.63) is 77.1 Å². The number of benzene rings is 2. The molecule has 0 N–H and O–H groups in total. The highest BCUT2D eigenvalue weighted by Gasteiger charge is 2.30. The maximum absolute atomic E-state index is 5.33. The summed E-state index contributed by atoms with van der Waals surface area (Å²) in [5.41, 5.74) is 3.42. The predicted molar refractivity (Wildman–Crippen MR) is 121 cm³/mol. The maximum atomic E-state index is 5.33. The molecule has 0 atom stereocenters. The molecular formula is C23H22N4OS2. The monoisotopic (exact) mass is 434 g/mol. The molecule has 0 aliphatic heterocycles. The number of nitrogens with zero attached hydrogens (tertiary/aromatic N) is 4. The van der Waals surface area contributed by atoms with Crippen molar-refractivity contribution in [2.45, 2.75) is 36.2 Å². The van der Waals surface area contributed by atoms with Crippen molar-refractivity contribution in [1.29, 1.82) is 0 Å². The number of thiazole rings is 1. The highest BCUT2D eigenvalue weighted by Crippen LogP contribution is 2.40. The van der Waals surface area contributed by atoms with Crippen molar-refractivity contribution in [2.75, 3.05) is 7.11 Å².